The number of aliphatic hydroxyl groups is 1. The van der Waals surface area contributed by atoms with E-state index in [0.717, 1.165) is 0 Å². The van der Waals surface area contributed by atoms with Crippen LogP contribution in [0, 0.1) is 0 Å². The molecule has 1 aliphatic heterocycles. The molecule has 14 heavy (non-hydrogen) atoms. The minimum Gasteiger partial charge on any atom is -0.465 e. The van der Waals surface area contributed by atoms with Crippen LogP contribution in [0.3, 0.4) is 0 Å². The van der Waals surface area contributed by atoms with E-state index in [4.69, 9.17) is 9.84 Å². The fourth-order valence-electron chi connectivity index (χ4n) is 2.02. The van der Waals surface area contributed by atoms with Gasteiger partial charge in [0.15, 0.2) is 0 Å². The zero-order chi connectivity index (χ0) is 10.6. The van der Waals surface area contributed by atoms with Crippen molar-refractivity contribution >= 4 is 6.09 Å². The average Bonchev–Trinajstić information content (AvgIpc) is 2.67. The number of rotatable bonds is 1. The smallest absolute Gasteiger partial charge is 0.410 e. The number of nitrogens with zero attached hydrogens (tertiary/aromatic N) is 1. The molecule has 2 aliphatic rings. The number of carbonyl (C=O) groups is 1. The highest BCUT2D eigenvalue weighted by Gasteiger charge is 2.58. The molecule has 1 aliphatic carbocycles. The molecule has 1 heterocycles. The van der Waals surface area contributed by atoms with Crippen molar-refractivity contribution in [3.8, 4) is 0 Å². The Hall–Kier alpha value is -0.810. The van der Waals surface area contributed by atoms with Gasteiger partial charge in [0.2, 0.25) is 0 Å². The molecule has 1 saturated heterocycles. The maximum atomic E-state index is 11.0. The SMILES string of the molecule is CC1(C)OCC(C2(O)CC2)N1C(=O)O. The number of carboxylic acid groups (broad SMARTS) is 1. The first-order valence-corrected chi connectivity index (χ1v) is 4.75. The van der Waals surface area contributed by atoms with Gasteiger partial charge in [-0.3, -0.25) is 4.90 Å². The third-order valence-corrected chi connectivity index (χ3v) is 3.07. The van der Waals surface area contributed by atoms with E-state index in [9.17, 15) is 9.90 Å². The Morgan fingerprint density at radius 1 is 1.50 bits per heavy atom. The highest BCUT2D eigenvalue weighted by Crippen LogP contribution is 2.45. The van der Waals surface area contributed by atoms with Gasteiger partial charge in [-0.2, -0.15) is 0 Å². The molecule has 0 bridgehead atoms. The van der Waals surface area contributed by atoms with E-state index in [-0.39, 0.29) is 6.61 Å². The van der Waals surface area contributed by atoms with E-state index in [1.54, 1.807) is 13.8 Å². The lowest BCUT2D eigenvalue weighted by Gasteiger charge is -2.32. The van der Waals surface area contributed by atoms with Gasteiger partial charge >= 0.3 is 6.09 Å². The van der Waals surface area contributed by atoms with Crippen molar-refractivity contribution in [1.82, 2.24) is 4.90 Å². The van der Waals surface area contributed by atoms with Crippen LogP contribution in [0.2, 0.25) is 0 Å². The molecule has 0 spiro atoms. The lowest BCUT2D eigenvalue weighted by Crippen LogP contribution is -2.52. The van der Waals surface area contributed by atoms with Crippen molar-refractivity contribution in [2.75, 3.05) is 6.61 Å². The molecule has 2 N–H and O–H groups in total. The topological polar surface area (TPSA) is 70.0 Å². The van der Waals surface area contributed by atoms with Crippen molar-refractivity contribution in [2.45, 2.75) is 44.1 Å². The number of ether oxygens (including phenoxy) is 1. The van der Waals surface area contributed by atoms with Crippen LogP contribution in [0.5, 0.6) is 0 Å². The summed E-state index contributed by atoms with van der Waals surface area (Å²) in [6.07, 6.45) is 0.305. The fraction of sp³-hybridized carbons (Fsp3) is 0.889. The second-order valence-corrected chi connectivity index (χ2v) is 4.53. The van der Waals surface area contributed by atoms with Crippen LogP contribution in [0.15, 0.2) is 0 Å². The Labute approximate surface area is 82.3 Å². The molecule has 1 atom stereocenters. The predicted octanol–water partition coefficient (Wildman–Crippen LogP) is 0.626. The van der Waals surface area contributed by atoms with E-state index >= 15 is 0 Å². The first kappa shape index (κ1) is 9.73. The molecule has 0 aromatic rings. The summed E-state index contributed by atoms with van der Waals surface area (Å²) in [5.41, 5.74) is -1.67. The molecular formula is C9H15NO4. The van der Waals surface area contributed by atoms with Gasteiger partial charge in [0.1, 0.15) is 5.72 Å². The maximum absolute atomic E-state index is 11.0. The Bertz CT molecular complexity index is 272. The monoisotopic (exact) mass is 201 g/mol. The highest BCUT2D eigenvalue weighted by atomic mass is 16.5. The van der Waals surface area contributed by atoms with Crippen molar-refractivity contribution in [2.24, 2.45) is 0 Å². The minimum atomic E-state index is -1.03. The quantitative estimate of drug-likeness (QED) is 0.652. The maximum Gasteiger partial charge on any atom is 0.410 e. The molecule has 1 amide bonds. The highest BCUT2D eigenvalue weighted by molar-refractivity contribution is 5.67. The minimum absolute atomic E-state index is 0.288. The third-order valence-electron chi connectivity index (χ3n) is 3.07. The van der Waals surface area contributed by atoms with Gasteiger partial charge < -0.3 is 14.9 Å². The van der Waals surface area contributed by atoms with Gasteiger partial charge in [0.25, 0.3) is 0 Å². The molecule has 5 nitrogen and oxygen atoms in total. The van der Waals surface area contributed by atoms with Crippen LogP contribution in [-0.4, -0.2) is 45.2 Å². The van der Waals surface area contributed by atoms with Crippen molar-refractivity contribution in [3.05, 3.63) is 0 Å². The Morgan fingerprint density at radius 3 is 2.50 bits per heavy atom. The number of amides is 1. The first-order chi connectivity index (χ1) is 6.37. The zero-order valence-electron chi connectivity index (χ0n) is 8.36. The summed E-state index contributed by atoms with van der Waals surface area (Å²) in [4.78, 5) is 12.3. The summed E-state index contributed by atoms with van der Waals surface area (Å²) in [5, 5.41) is 18.9. The second kappa shape index (κ2) is 2.61. The summed E-state index contributed by atoms with van der Waals surface area (Å²) >= 11 is 0. The van der Waals surface area contributed by atoms with Crippen LogP contribution < -0.4 is 0 Å². The number of hydrogen-bond acceptors (Lipinski definition) is 3. The summed E-state index contributed by atoms with van der Waals surface area (Å²) in [5.74, 6) is 0. The van der Waals surface area contributed by atoms with Crippen LogP contribution in [0.1, 0.15) is 26.7 Å². The number of hydrogen-bond donors (Lipinski definition) is 2. The van der Waals surface area contributed by atoms with Crippen LogP contribution >= 0.6 is 0 Å². The molecule has 0 aromatic carbocycles. The lowest BCUT2D eigenvalue weighted by atomic mass is 10.1. The Balaban J connectivity index is 2.23. The molecule has 0 radical (unpaired) electrons. The van der Waals surface area contributed by atoms with Crippen molar-refractivity contribution in [3.63, 3.8) is 0 Å². The van der Waals surface area contributed by atoms with Gasteiger partial charge in [0, 0.05) is 0 Å². The van der Waals surface area contributed by atoms with E-state index in [0.29, 0.717) is 12.8 Å². The molecule has 80 valence electrons. The zero-order valence-corrected chi connectivity index (χ0v) is 8.36. The summed E-state index contributed by atoms with van der Waals surface area (Å²) in [6, 6.07) is -0.407. The predicted molar refractivity (Wildman–Crippen MR) is 47.9 cm³/mol. The Kier molecular flexibility index (Phi) is 1.81. The second-order valence-electron chi connectivity index (χ2n) is 4.53. The van der Waals surface area contributed by atoms with Crippen molar-refractivity contribution in [1.29, 1.82) is 0 Å². The van der Waals surface area contributed by atoms with Gasteiger partial charge in [-0.1, -0.05) is 0 Å². The molecule has 0 aromatic heterocycles. The van der Waals surface area contributed by atoms with E-state index < -0.39 is 23.5 Å². The summed E-state index contributed by atoms with van der Waals surface area (Å²) in [7, 11) is 0. The van der Waals surface area contributed by atoms with Crippen LogP contribution in [0.25, 0.3) is 0 Å². The van der Waals surface area contributed by atoms with Crippen LogP contribution in [0.4, 0.5) is 4.79 Å². The lowest BCUT2D eigenvalue weighted by molar-refractivity contribution is -0.0481. The molecule has 1 unspecified atom stereocenters. The van der Waals surface area contributed by atoms with E-state index in [2.05, 4.69) is 0 Å². The van der Waals surface area contributed by atoms with E-state index in [1.165, 1.54) is 4.90 Å². The molecule has 2 rings (SSSR count). The largest absolute Gasteiger partial charge is 0.465 e. The molecule has 1 saturated carbocycles. The van der Waals surface area contributed by atoms with Gasteiger partial charge in [-0.15, -0.1) is 0 Å². The Morgan fingerprint density at radius 2 is 2.07 bits per heavy atom. The normalized spacial score (nSPS) is 33.1. The van der Waals surface area contributed by atoms with Crippen molar-refractivity contribution < 1.29 is 19.7 Å². The molecular weight excluding hydrogens is 186 g/mol. The van der Waals surface area contributed by atoms with Gasteiger partial charge in [-0.05, 0) is 26.7 Å². The van der Waals surface area contributed by atoms with Crippen LogP contribution in [-0.2, 0) is 4.74 Å². The fourth-order valence-corrected chi connectivity index (χ4v) is 2.02. The first-order valence-electron chi connectivity index (χ1n) is 4.75. The standard InChI is InChI=1S/C9H15NO4/c1-8(2)10(7(11)12)6(5-14-8)9(13)3-4-9/h6,13H,3-5H2,1-2H3,(H,11,12). The molecule has 2 fully saturated rings. The average molecular weight is 201 g/mol. The summed E-state index contributed by atoms with van der Waals surface area (Å²) < 4.78 is 5.38. The third kappa shape index (κ3) is 1.27. The van der Waals surface area contributed by atoms with Gasteiger partial charge in [0.05, 0.1) is 18.2 Å². The molecule has 5 heteroatoms. The summed E-state index contributed by atoms with van der Waals surface area (Å²) in [6.45, 7) is 3.69. The van der Waals surface area contributed by atoms with E-state index in [1.807, 2.05) is 0 Å². The van der Waals surface area contributed by atoms with Gasteiger partial charge in [-0.25, -0.2) is 4.79 Å².